The zero-order chi connectivity index (χ0) is 15.2. The van der Waals surface area contributed by atoms with E-state index in [1.54, 1.807) is 18.0 Å². The quantitative estimate of drug-likeness (QED) is 0.892. The van der Waals surface area contributed by atoms with Gasteiger partial charge in [-0.2, -0.15) is 5.10 Å². The molecule has 1 heterocycles. The number of rotatable bonds is 5. The Morgan fingerprint density at radius 1 is 1.50 bits per heavy atom. The van der Waals surface area contributed by atoms with Crippen LogP contribution in [-0.4, -0.2) is 37.0 Å². The number of nitrogens with zero attached hydrogens (tertiary/aromatic N) is 2. The maximum Gasteiger partial charge on any atom is 0.243 e. The molecule has 2 unspecified atom stereocenters. The van der Waals surface area contributed by atoms with Gasteiger partial charge in [0, 0.05) is 31.3 Å². The Kier molecular flexibility index (Phi) is 3.73. The molecule has 1 aliphatic carbocycles. The second-order valence-electron chi connectivity index (χ2n) is 6.07. The van der Waals surface area contributed by atoms with Crippen molar-refractivity contribution in [2.45, 2.75) is 57.2 Å². The smallest absolute Gasteiger partial charge is 0.243 e. The van der Waals surface area contributed by atoms with Crippen molar-refractivity contribution in [2.24, 2.45) is 5.41 Å². The Hall–Kier alpha value is -0.920. The van der Waals surface area contributed by atoms with Gasteiger partial charge in [-0.25, -0.2) is 13.1 Å². The molecule has 0 aliphatic heterocycles. The fraction of sp³-hybridized carbons (Fsp3) is 0.769. The van der Waals surface area contributed by atoms with E-state index in [1.807, 2.05) is 27.7 Å². The summed E-state index contributed by atoms with van der Waals surface area (Å²) < 4.78 is 34.6. The third-order valence-corrected chi connectivity index (χ3v) is 6.25. The monoisotopic (exact) mass is 301 g/mol. The summed E-state index contributed by atoms with van der Waals surface area (Å²) in [5.74, 6) is 0. The van der Waals surface area contributed by atoms with E-state index in [2.05, 4.69) is 9.82 Å². The van der Waals surface area contributed by atoms with Crippen LogP contribution in [0.4, 0.5) is 0 Å². The van der Waals surface area contributed by atoms with Crippen LogP contribution in [0.3, 0.4) is 0 Å². The molecule has 1 aliphatic rings. The first-order chi connectivity index (χ1) is 9.16. The Morgan fingerprint density at radius 2 is 2.15 bits per heavy atom. The van der Waals surface area contributed by atoms with Crippen LogP contribution in [-0.2, 0) is 21.3 Å². The SMILES string of the molecule is CCn1cc(S(=O)(=O)NC2CC(C)(OC)C2(C)C)cn1. The van der Waals surface area contributed by atoms with Gasteiger partial charge in [-0.05, 0) is 20.3 Å². The molecule has 20 heavy (non-hydrogen) atoms. The van der Waals surface area contributed by atoms with Gasteiger partial charge >= 0.3 is 0 Å². The maximum atomic E-state index is 12.3. The van der Waals surface area contributed by atoms with Crippen molar-refractivity contribution in [3.8, 4) is 0 Å². The third-order valence-electron chi connectivity index (χ3n) is 4.82. The van der Waals surface area contributed by atoms with Crippen LogP contribution in [0.1, 0.15) is 34.1 Å². The van der Waals surface area contributed by atoms with E-state index in [-0.39, 0.29) is 22.0 Å². The first-order valence-electron chi connectivity index (χ1n) is 6.76. The Labute approximate surface area is 120 Å². The summed E-state index contributed by atoms with van der Waals surface area (Å²) in [5, 5.41) is 4.01. The molecule has 1 aromatic rings. The number of methoxy groups -OCH3 is 1. The van der Waals surface area contributed by atoms with Gasteiger partial charge in [-0.3, -0.25) is 4.68 Å². The zero-order valence-electron chi connectivity index (χ0n) is 12.7. The average Bonchev–Trinajstić information content (AvgIpc) is 2.87. The molecule has 2 atom stereocenters. The lowest BCUT2D eigenvalue weighted by Gasteiger charge is -2.58. The summed E-state index contributed by atoms with van der Waals surface area (Å²) in [6, 6.07) is -0.137. The predicted octanol–water partition coefficient (Wildman–Crippen LogP) is 1.38. The molecule has 0 radical (unpaired) electrons. The predicted molar refractivity (Wildman–Crippen MR) is 75.8 cm³/mol. The molecule has 0 spiro atoms. The standard InChI is InChI=1S/C13H23N3O3S/c1-6-16-9-10(8-14-16)20(17,18)15-11-7-13(4,19-5)12(11,2)3/h8-9,11,15H,6-7H2,1-5H3. The Morgan fingerprint density at radius 3 is 2.60 bits per heavy atom. The van der Waals surface area contributed by atoms with E-state index in [0.717, 1.165) is 0 Å². The van der Waals surface area contributed by atoms with Gasteiger partial charge in [-0.15, -0.1) is 0 Å². The Balaban J connectivity index is 2.15. The van der Waals surface area contributed by atoms with E-state index in [1.165, 1.54) is 6.20 Å². The minimum atomic E-state index is -3.53. The number of hydrogen-bond donors (Lipinski definition) is 1. The lowest BCUT2D eigenvalue weighted by atomic mass is 9.56. The Bertz CT molecular complexity index is 594. The minimum absolute atomic E-state index is 0.137. The number of aromatic nitrogens is 2. The molecule has 7 heteroatoms. The maximum absolute atomic E-state index is 12.3. The summed E-state index contributed by atoms with van der Waals surface area (Å²) in [5.41, 5.74) is -0.552. The highest BCUT2D eigenvalue weighted by Crippen LogP contribution is 2.51. The second-order valence-corrected chi connectivity index (χ2v) is 7.78. The second kappa shape index (κ2) is 4.82. The molecule has 1 saturated carbocycles. The van der Waals surface area contributed by atoms with E-state index in [0.29, 0.717) is 13.0 Å². The molecule has 0 bridgehead atoms. The van der Waals surface area contributed by atoms with Crippen LogP contribution >= 0.6 is 0 Å². The van der Waals surface area contributed by atoms with Crippen LogP contribution < -0.4 is 4.72 Å². The lowest BCUT2D eigenvalue weighted by molar-refractivity contribution is -0.175. The molecule has 1 N–H and O–H groups in total. The molecule has 0 saturated heterocycles. The first-order valence-corrected chi connectivity index (χ1v) is 8.24. The summed E-state index contributed by atoms with van der Waals surface area (Å²) >= 11 is 0. The van der Waals surface area contributed by atoms with Gasteiger partial charge < -0.3 is 4.74 Å². The average molecular weight is 301 g/mol. The third kappa shape index (κ3) is 2.27. The molecule has 0 amide bonds. The normalized spacial score (nSPS) is 29.1. The van der Waals surface area contributed by atoms with E-state index >= 15 is 0 Å². The number of hydrogen-bond acceptors (Lipinski definition) is 4. The van der Waals surface area contributed by atoms with Gasteiger partial charge in [0.05, 0.1) is 11.8 Å². The van der Waals surface area contributed by atoms with Crippen LogP contribution in [0.15, 0.2) is 17.3 Å². The van der Waals surface area contributed by atoms with Crippen LogP contribution in [0.5, 0.6) is 0 Å². The summed E-state index contributed by atoms with van der Waals surface area (Å²) in [4.78, 5) is 0.209. The van der Waals surface area contributed by atoms with Gasteiger partial charge in [0.2, 0.25) is 10.0 Å². The minimum Gasteiger partial charge on any atom is -0.378 e. The van der Waals surface area contributed by atoms with Crippen molar-refractivity contribution in [2.75, 3.05) is 7.11 Å². The van der Waals surface area contributed by atoms with E-state index < -0.39 is 10.0 Å². The van der Waals surface area contributed by atoms with Crippen molar-refractivity contribution in [1.29, 1.82) is 0 Å². The highest BCUT2D eigenvalue weighted by atomic mass is 32.2. The highest BCUT2D eigenvalue weighted by molar-refractivity contribution is 7.89. The molecular weight excluding hydrogens is 278 g/mol. The van der Waals surface area contributed by atoms with Crippen molar-refractivity contribution in [1.82, 2.24) is 14.5 Å². The molecule has 114 valence electrons. The van der Waals surface area contributed by atoms with Crippen molar-refractivity contribution < 1.29 is 13.2 Å². The number of nitrogens with one attached hydrogen (secondary N) is 1. The van der Waals surface area contributed by atoms with Crippen molar-refractivity contribution in [3.05, 3.63) is 12.4 Å². The number of sulfonamides is 1. The molecule has 6 nitrogen and oxygen atoms in total. The van der Waals surface area contributed by atoms with Crippen molar-refractivity contribution in [3.63, 3.8) is 0 Å². The van der Waals surface area contributed by atoms with Crippen molar-refractivity contribution >= 4 is 10.0 Å². The summed E-state index contributed by atoms with van der Waals surface area (Å²) in [6.45, 7) is 8.60. The van der Waals surface area contributed by atoms with Gasteiger partial charge in [0.1, 0.15) is 4.90 Å². The summed E-state index contributed by atoms with van der Waals surface area (Å²) in [7, 11) is -1.86. The van der Waals surface area contributed by atoms with Crippen LogP contribution in [0.2, 0.25) is 0 Å². The van der Waals surface area contributed by atoms with Crippen LogP contribution in [0.25, 0.3) is 0 Å². The zero-order valence-corrected chi connectivity index (χ0v) is 13.5. The molecule has 1 fully saturated rings. The fourth-order valence-electron chi connectivity index (χ4n) is 2.59. The summed E-state index contributed by atoms with van der Waals surface area (Å²) in [6.07, 6.45) is 3.59. The molecule has 0 aromatic carbocycles. The highest BCUT2D eigenvalue weighted by Gasteiger charge is 2.58. The van der Waals surface area contributed by atoms with Gasteiger partial charge in [-0.1, -0.05) is 13.8 Å². The van der Waals surface area contributed by atoms with E-state index in [4.69, 9.17) is 4.74 Å². The molecular formula is C13H23N3O3S. The van der Waals surface area contributed by atoms with Gasteiger partial charge in [0.15, 0.2) is 0 Å². The van der Waals surface area contributed by atoms with Crippen LogP contribution in [0, 0.1) is 5.41 Å². The lowest BCUT2D eigenvalue weighted by Crippen LogP contribution is -2.68. The largest absolute Gasteiger partial charge is 0.378 e. The number of aryl methyl sites for hydroxylation is 1. The molecule has 1 aromatic heterocycles. The fourth-order valence-corrected chi connectivity index (χ4v) is 3.93. The topological polar surface area (TPSA) is 73.2 Å². The van der Waals surface area contributed by atoms with Gasteiger partial charge in [0.25, 0.3) is 0 Å². The van der Waals surface area contributed by atoms with E-state index in [9.17, 15) is 8.42 Å². The first kappa shape index (κ1) is 15.5. The molecule has 2 rings (SSSR count). The number of ether oxygens (including phenoxy) is 1.